The van der Waals surface area contributed by atoms with Gasteiger partial charge in [-0.1, -0.05) is 25.5 Å². The third-order valence-electron chi connectivity index (χ3n) is 2.62. The fourth-order valence-corrected chi connectivity index (χ4v) is 3.63. The second kappa shape index (κ2) is 6.68. The maximum absolute atomic E-state index is 12.0. The molecule has 0 saturated heterocycles. The molecule has 0 bridgehead atoms. The van der Waals surface area contributed by atoms with Crippen LogP contribution in [0.2, 0.25) is 0 Å². The molecule has 2 nitrogen and oxygen atoms in total. The van der Waals surface area contributed by atoms with E-state index in [1.807, 2.05) is 18.2 Å². The number of aryl methyl sites for hydroxylation is 1. The molecule has 0 aliphatic carbocycles. The van der Waals surface area contributed by atoms with Gasteiger partial charge in [0.05, 0.1) is 8.66 Å². The molecule has 0 aliphatic rings. The van der Waals surface area contributed by atoms with Crippen molar-refractivity contribution in [2.45, 2.75) is 19.8 Å². The summed E-state index contributed by atoms with van der Waals surface area (Å²) in [6.07, 6.45) is 2.20. The Morgan fingerprint density at radius 2 is 1.95 bits per heavy atom. The van der Waals surface area contributed by atoms with E-state index >= 15 is 0 Å². The van der Waals surface area contributed by atoms with Crippen LogP contribution in [-0.2, 0) is 6.42 Å². The predicted molar refractivity (Wildman–Crippen MR) is 88.1 cm³/mol. The average Bonchev–Trinajstić information content (AvgIpc) is 2.72. The smallest absolute Gasteiger partial charge is 0.265 e. The van der Waals surface area contributed by atoms with Crippen LogP contribution >= 0.6 is 43.2 Å². The molecule has 0 atom stereocenters. The molecule has 19 heavy (non-hydrogen) atoms. The van der Waals surface area contributed by atoms with Gasteiger partial charge in [-0.3, -0.25) is 4.79 Å². The number of hydrogen-bond acceptors (Lipinski definition) is 2. The zero-order valence-corrected chi connectivity index (χ0v) is 14.4. The lowest BCUT2D eigenvalue weighted by molar-refractivity contribution is 0.103. The lowest BCUT2D eigenvalue weighted by Gasteiger charge is -2.04. The molecule has 100 valence electrons. The van der Waals surface area contributed by atoms with Gasteiger partial charge in [0.25, 0.3) is 5.91 Å². The summed E-state index contributed by atoms with van der Waals surface area (Å²) >= 11 is 8.18. The Hall–Kier alpha value is -0.650. The van der Waals surface area contributed by atoms with E-state index in [0.717, 1.165) is 26.8 Å². The number of carbonyl (C=O) groups is 1. The van der Waals surface area contributed by atoms with Gasteiger partial charge < -0.3 is 5.32 Å². The summed E-state index contributed by atoms with van der Waals surface area (Å²) in [5.41, 5.74) is 2.12. The van der Waals surface area contributed by atoms with Crippen LogP contribution in [0, 0.1) is 0 Å². The van der Waals surface area contributed by atoms with Crippen molar-refractivity contribution in [3.05, 3.63) is 49.0 Å². The Morgan fingerprint density at radius 3 is 2.47 bits per heavy atom. The van der Waals surface area contributed by atoms with E-state index < -0.39 is 0 Å². The first-order valence-electron chi connectivity index (χ1n) is 5.95. The third kappa shape index (κ3) is 3.91. The first-order valence-corrected chi connectivity index (χ1v) is 8.35. The highest BCUT2D eigenvalue weighted by Gasteiger charge is 2.12. The Bertz CT molecular complexity index is 558. The lowest BCUT2D eigenvalue weighted by Crippen LogP contribution is -2.09. The molecule has 0 aliphatic heterocycles. The van der Waals surface area contributed by atoms with Gasteiger partial charge in [0.2, 0.25) is 0 Å². The van der Waals surface area contributed by atoms with Crippen molar-refractivity contribution >= 4 is 54.8 Å². The van der Waals surface area contributed by atoms with Gasteiger partial charge in [0, 0.05) is 10.2 Å². The van der Waals surface area contributed by atoms with E-state index in [2.05, 4.69) is 56.2 Å². The van der Waals surface area contributed by atoms with Crippen LogP contribution in [-0.4, -0.2) is 5.91 Å². The maximum Gasteiger partial charge on any atom is 0.265 e. The minimum absolute atomic E-state index is 0.0837. The summed E-state index contributed by atoms with van der Waals surface area (Å²) in [6, 6.07) is 9.81. The fourth-order valence-electron chi connectivity index (χ4n) is 1.69. The Balaban J connectivity index is 2.06. The monoisotopic (exact) mass is 401 g/mol. The van der Waals surface area contributed by atoms with E-state index in [0.29, 0.717) is 4.88 Å². The van der Waals surface area contributed by atoms with Crippen molar-refractivity contribution in [3.8, 4) is 0 Å². The van der Waals surface area contributed by atoms with E-state index in [-0.39, 0.29) is 5.91 Å². The van der Waals surface area contributed by atoms with Crippen LogP contribution in [0.4, 0.5) is 5.69 Å². The first-order chi connectivity index (χ1) is 9.10. The normalized spacial score (nSPS) is 10.5. The molecule has 0 radical (unpaired) electrons. The molecule has 1 aromatic carbocycles. The minimum Gasteiger partial charge on any atom is -0.321 e. The van der Waals surface area contributed by atoms with Crippen LogP contribution in [0.5, 0.6) is 0 Å². The number of nitrogens with one attached hydrogen (secondary N) is 1. The van der Waals surface area contributed by atoms with Crippen LogP contribution in [0.3, 0.4) is 0 Å². The third-order valence-corrected chi connectivity index (χ3v) is 5.87. The van der Waals surface area contributed by atoms with Gasteiger partial charge in [-0.2, -0.15) is 0 Å². The van der Waals surface area contributed by atoms with Gasteiger partial charge in [-0.15, -0.1) is 11.3 Å². The van der Waals surface area contributed by atoms with Gasteiger partial charge in [-0.25, -0.2) is 0 Å². The van der Waals surface area contributed by atoms with Crippen LogP contribution in [0.1, 0.15) is 28.6 Å². The average molecular weight is 403 g/mol. The summed E-state index contributed by atoms with van der Waals surface area (Å²) in [6.45, 7) is 2.15. The highest BCUT2D eigenvalue weighted by Crippen LogP contribution is 2.32. The molecule has 1 N–H and O–H groups in total. The fraction of sp³-hybridized carbons (Fsp3) is 0.214. The number of amides is 1. The van der Waals surface area contributed by atoms with Gasteiger partial charge >= 0.3 is 0 Å². The number of rotatable bonds is 4. The summed E-state index contributed by atoms with van der Waals surface area (Å²) in [5.74, 6) is -0.0837. The second-order valence-electron chi connectivity index (χ2n) is 4.13. The van der Waals surface area contributed by atoms with Crippen molar-refractivity contribution in [1.82, 2.24) is 0 Å². The highest BCUT2D eigenvalue weighted by atomic mass is 79.9. The molecule has 0 fully saturated rings. The molecular formula is C14H13Br2NOS. The molecular weight excluding hydrogens is 390 g/mol. The molecule has 5 heteroatoms. The molecule has 1 aromatic heterocycles. The van der Waals surface area contributed by atoms with Crippen LogP contribution < -0.4 is 5.32 Å². The van der Waals surface area contributed by atoms with Crippen molar-refractivity contribution in [2.75, 3.05) is 5.32 Å². The summed E-state index contributed by atoms with van der Waals surface area (Å²) in [5, 5.41) is 2.90. The zero-order chi connectivity index (χ0) is 13.8. The van der Waals surface area contributed by atoms with Crippen molar-refractivity contribution in [3.63, 3.8) is 0 Å². The number of halogens is 2. The maximum atomic E-state index is 12.0. The van der Waals surface area contributed by atoms with Crippen molar-refractivity contribution in [1.29, 1.82) is 0 Å². The van der Waals surface area contributed by atoms with E-state index in [9.17, 15) is 4.79 Å². The first kappa shape index (κ1) is 14.8. The SMILES string of the molecule is CCCc1ccc(NC(=O)c2cc(Br)c(Br)s2)cc1. The second-order valence-corrected chi connectivity index (χ2v) is 7.36. The predicted octanol–water partition coefficient (Wildman–Crippen LogP) is 5.48. The largest absolute Gasteiger partial charge is 0.321 e. The molecule has 1 heterocycles. The summed E-state index contributed by atoms with van der Waals surface area (Å²) in [7, 11) is 0. The van der Waals surface area contributed by atoms with Gasteiger partial charge in [0.15, 0.2) is 0 Å². The summed E-state index contributed by atoms with van der Waals surface area (Å²) < 4.78 is 1.83. The van der Waals surface area contributed by atoms with Crippen molar-refractivity contribution < 1.29 is 4.79 Å². The van der Waals surface area contributed by atoms with Crippen molar-refractivity contribution in [2.24, 2.45) is 0 Å². The molecule has 2 rings (SSSR count). The number of anilines is 1. The van der Waals surface area contributed by atoms with Gasteiger partial charge in [-0.05, 0) is 62.0 Å². The molecule has 0 spiro atoms. The molecule has 2 aromatic rings. The standard InChI is InChI=1S/C14H13Br2NOS/c1-2-3-9-4-6-10(7-5-9)17-14(18)12-8-11(15)13(16)19-12/h4-8H,2-3H2,1H3,(H,17,18). The number of carbonyl (C=O) groups excluding carboxylic acids is 1. The van der Waals surface area contributed by atoms with E-state index in [1.54, 1.807) is 0 Å². The minimum atomic E-state index is -0.0837. The van der Waals surface area contributed by atoms with E-state index in [1.165, 1.54) is 16.9 Å². The van der Waals surface area contributed by atoms with Crippen LogP contribution in [0.25, 0.3) is 0 Å². The number of benzene rings is 1. The van der Waals surface area contributed by atoms with Gasteiger partial charge in [0.1, 0.15) is 0 Å². The molecule has 0 unspecified atom stereocenters. The van der Waals surface area contributed by atoms with Crippen LogP contribution in [0.15, 0.2) is 38.6 Å². The van der Waals surface area contributed by atoms with E-state index in [4.69, 9.17) is 0 Å². The Morgan fingerprint density at radius 1 is 1.26 bits per heavy atom. The zero-order valence-electron chi connectivity index (χ0n) is 10.4. The Labute approximate surface area is 133 Å². The topological polar surface area (TPSA) is 29.1 Å². The molecule has 1 amide bonds. The number of thiophene rings is 1. The lowest BCUT2D eigenvalue weighted by atomic mass is 10.1. The Kier molecular flexibility index (Phi) is 5.19. The molecule has 0 saturated carbocycles. The number of hydrogen-bond donors (Lipinski definition) is 1. The summed E-state index contributed by atoms with van der Waals surface area (Å²) in [4.78, 5) is 12.7. The highest BCUT2D eigenvalue weighted by molar-refractivity contribution is 9.13. The quantitative estimate of drug-likeness (QED) is 0.720.